The fourth-order valence-electron chi connectivity index (χ4n) is 2.05. The van der Waals surface area contributed by atoms with E-state index < -0.39 is 0 Å². The molecule has 1 nitrogen and oxygen atoms in total. The van der Waals surface area contributed by atoms with Crippen molar-refractivity contribution >= 4 is 0 Å². The Balaban J connectivity index is 2.25. The maximum atomic E-state index is 5.24. The van der Waals surface area contributed by atoms with E-state index in [1.165, 1.54) is 22.3 Å². The van der Waals surface area contributed by atoms with Crippen molar-refractivity contribution in [2.45, 2.75) is 20.3 Å². The van der Waals surface area contributed by atoms with Gasteiger partial charge in [-0.15, -0.1) is 0 Å². The van der Waals surface area contributed by atoms with Gasteiger partial charge in [0.25, 0.3) is 0 Å². The molecular weight excluding hydrogens is 208 g/mol. The summed E-state index contributed by atoms with van der Waals surface area (Å²) < 4.78 is 5.24. The zero-order valence-electron chi connectivity index (χ0n) is 10.7. The van der Waals surface area contributed by atoms with Crippen LogP contribution in [0.1, 0.15) is 22.3 Å². The van der Waals surface area contributed by atoms with Crippen LogP contribution in [0.3, 0.4) is 0 Å². The molecule has 0 spiro atoms. The Morgan fingerprint density at radius 1 is 1.00 bits per heavy atom. The van der Waals surface area contributed by atoms with Crippen molar-refractivity contribution in [1.82, 2.24) is 0 Å². The van der Waals surface area contributed by atoms with Crippen molar-refractivity contribution in [2.75, 3.05) is 7.11 Å². The van der Waals surface area contributed by atoms with Gasteiger partial charge in [0.05, 0.1) is 7.11 Å². The third-order valence-corrected chi connectivity index (χ3v) is 3.03. The van der Waals surface area contributed by atoms with Gasteiger partial charge in [-0.2, -0.15) is 0 Å². The second kappa shape index (κ2) is 5.05. The van der Waals surface area contributed by atoms with Crippen LogP contribution < -0.4 is 4.74 Å². The quantitative estimate of drug-likeness (QED) is 0.771. The topological polar surface area (TPSA) is 9.23 Å². The van der Waals surface area contributed by atoms with E-state index in [0.717, 1.165) is 12.2 Å². The van der Waals surface area contributed by atoms with E-state index in [9.17, 15) is 0 Å². The van der Waals surface area contributed by atoms with Crippen molar-refractivity contribution in [1.29, 1.82) is 0 Å². The standard InChI is InChI=1S/C16H18O/c1-12-7-8-15(13(2)9-12)10-14-5-4-6-16(11-14)17-3/h4-9,11H,10H2,1-3H3. The van der Waals surface area contributed by atoms with Crippen LogP contribution in [0.4, 0.5) is 0 Å². The second-order valence-corrected chi connectivity index (χ2v) is 4.46. The summed E-state index contributed by atoms with van der Waals surface area (Å²) in [6, 6.07) is 14.9. The van der Waals surface area contributed by atoms with Crippen molar-refractivity contribution in [3.63, 3.8) is 0 Å². The number of rotatable bonds is 3. The Morgan fingerprint density at radius 3 is 2.53 bits per heavy atom. The summed E-state index contributed by atoms with van der Waals surface area (Å²) in [6.45, 7) is 4.30. The maximum absolute atomic E-state index is 5.24. The second-order valence-electron chi connectivity index (χ2n) is 4.46. The Labute approximate surface area is 103 Å². The molecule has 0 saturated heterocycles. The van der Waals surface area contributed by atoms with E-state index >= 15 is 0 Å². The third kappa shape index (κ3) is 2.88. The first-order valence-electron chi connectivity index (χ1n) is 5.88. The number of hydrogen-bond donors (Lipinski definition) is 0. The Morgan fingerprint density at radius 2 is 1.82 bits per heavy atom. The average Bonchev–Trinajstić information content (AvgIpc) is 2.33. The molecule has 0 aliphatic heterocycles. The molecule has 0 atom stereocenters. The lowest BCUT2D eigenvalue weighted by molar-refractivity contribution is 0.414. The van der Waals surface area contributed by atoms with Crippen LogP contribution >= 0.6 is 0 Å². The Kier molecular flexibility index (Phi) is 3.48. The molecule has 0 bridgehead atoms. The molecule has 0 unspecified atom stereocenters. The van der Waals surface area contributed by atoms with Crippen LogP contribution in [-0.2, 0) is 6.42 Å². The molecular formula is C16H18O. The molecule has 0 saturated carbocycles. The van der Waals surface area contributed by atoms with E-state index in [-0.39, 0.29) is 0 Å². The zero-order chi connectivity index (χ0) is 12.3. The molecule has 0 heterocycles. The number of aryl methyl sites for hydroxylation is 2. The first-order valence-corrected chi connectivity index (χ1v) is 5.88. The van der Waals surface area contributed by atoms with Crippen molar-refractivity contribution < 1.29 is 4.74 Å². The lowest BCUT2D eigenvalue weighted by Gasteiger charge is -2.08. The number of ether oxygens (including phenoxy) is 1. The molecule has 0 fully saturated rings. The predicted octanol–water partition coefficient (Wildman–Crippen LogP) is 3.90. The first-order chi connectivity index (χ1) is 8.19. The van der Waals surface area contributed by atoms with E-state index in [2.05, 4.69) is 44.2 Å². The molecule has 2 aromatic rings. The van der Waals surface area contributed by atoms with E-state index in [1.54, 1.807) is 7.11 Å². The normalized spacial score (nSPS) is 10.3. The molecule has 0 aliphatic rings. The largest absolute Gasteiger partial charge is 0.497 e. The molecule has 0 N–H and O–H groups in total. The molecule has 2 rings (SSSR count). The van der Waals surface area contributed by atoms with Gasteiger partial charge in [0.1, 0.15) is 5.75 Å². The molecule has 0 radical (unpaired) electrons. The smallest absolute Gasteiger partial charge is 0.119 e. The van der Waals surface area contributed by atoms with Gasteiger partial charge in [-0.05, 0) is 49.1 Å². The maximum Gasteiger partial charge on any atom is 0.119 e. The molecule has 0 aliphatic carbocycles. The fourth-order valence-corrected chi connectivity index (χ4v) is 2.05. The Bertz CT molecular complexity index is 515. The highest BCUT2D eigenvalue weighted by Crippen LogP contribution is 2.18. The van der Waals surface area contributed by atoms with Crippen LogP contribution in [0, 0.1) is 13.8 Å². The summed E-state index contributed by atoms with van der Waals surface area (Å²) in [5.41, 5.74) is 5.34. The summed E-state index contributed by atoms with van der Waals surface area (Å²) in [6.07, 6.45) is 0.962. The van der Waals surface area contributed by atoms with Gasteiger partial charge >= 0.3 is 0 Å². The molecule has 2 aromatic carbocycles. The van der Waals surface area contributed by atoms with E-state index in [4.69, 9.17) is 4.74 Å². The van der Waals surface area contributed by atoms with Crippen molar-refractivity contribution in [3.8, 4) is 5.75 Å². The van der Waals surface area contributed by atoms with Gasteiger partial charge in [-0.3, -0.25) is 0 Å². The number of hydrogen-bond acceptors (Lipinski definition) is 1. The fraction of sp³-hybridized carbons (Fsp3) is 0.250. The molecule has 1 heteroatoms. The molecule has 88 valence electrons. The summed E-state index contributed by atoms with van der Waals surface area (Å²) in [7, 11) is 1.70. The Hall–Kier alpha value is -1.76. The van der Waals surface area contributed by atoms with Gasteiger partial charge in [0.15, 0.2) is 0 Å². The summed E-state index contributed by atoms with van der Waals surface area (Å²) in [5.74, 6) is 0.923. The van der Waals surface area contributed by atoms with E-state index in [0.29, 0.717) is 0 Å². The highest BCUT2D eigenvalue weighted by molar-refractivity contribution is 5.37. The van der Waals surface area contributed by atoms with Crippen LogP contribution in [0.15, 0.2) is 42.5 Å². The van der Waals surface area contributed by atoms with Crippen LogP contribution in [0.2, 0.25) is 0 Å². The zero-order valence-corrected chi connectivity index (χ0v) is 10.7. The van der Waals surface area contributed by atoms with Crippen LogP contribution in [-0.4, -0.2) is 7.11 Å². The van der Waals surface area contributed by atoms with Crippen molar-refractivity contribution in [2.24, 2.45) is 0 Å². The highest BCUT2D eigenvalue weighted by Gasteiger charge is 2.01. The number of methoxy groups -OCH3 is 1. The minimum atomic E-state index is 0.923. The monoisotopic (exact) mass is 226 g/mol. The summed E-state index contributed by atoms with van der Waals surface area (Å²) in [5, 5.41) is 0. The number of benzene rings is 2. The predicted molar refractivity (Wildman–Crippen MR) is 71.7 cm³/mol. The first kappa shape index (κ1) is 11.7. The lowest BCUT2D eigenvalue weighted by atomic mass is 9.99. The summed E-state index contributed by atoms with van der Waals surface area (Å²) >= 11 is 0. The minimum Gasteiger partial charge on any atom is -0.497 e. The van der Waals surface area contributed by atoms with Gasteiger partial charge in [0, 0.05) is 0 Å². The van der Waals surface area contributed by atoms with Gasteiger partial charge in [-0.25, -0.2) is 0 Å². The lowest BCUT2D eigenvalue weighted by Crippen LogP contribution is -1.93. The average molecular weight is 226 g/mol. The SMILES string of the molecule is COc1cccc(Cc2ccc(C)cc2C)c1. The molecule has 0 amide bonds. The van der Waals surface area contributed by atoms with Crippen molar-refractivity contribution in [3.05, 3.63) is 64.7 Å². The third-order valence-electron chi connectivity index (χ3n) is 3.03. The van der Waals surface area contributed by atoms with Crippen LogP contribution in [0.25, 0.3) is 0 Å². The van der Waals surface area contributed by atoms with Gasteiger partial charge in [-0.1, -0.05) is 35.9 Å². The summed E-state index contributed by atoms with van der Waals surface area (Å²) in [4.78, 5) is 0. The van der Waals surface area contributed by atoms with Crippen LogP contribution in [0.5, 0.6) is 5.75 Å². The molecule has 0 aromatic heterocycles. The molecule has 17 heavy (non-hydrogen) atoms. The van der Waals surface area contributed by atoms with Gasteiger partial charge < -0.3 is 4.74 Å². The van der Waals surface area contributed by atoms with E-state index in [1.807, 2.05) is 12.1 Å². The van der Waals surface area contributed by atoms with Gasteiger partial charge in [0.2, 0.25) is 0 Å². The highest BCUT2D eigenvalue weighted by atomic mass is 16.5. The minimum absolute atomic E-state index is 0.923.